The second-order valence-corrected chi connectivity index (χ2v) is 5.15. The number of hydrogen-bond donors (Lipinski definition) is 0. The molecule has 1 aliphatic rings. The van der Waals surface area contributed by atoms with Crippen molar-refractivity contribution in [2.24, 2.45) is 0 Å². The van der Waals surface area contributed by atoms with E-state index < -0.39 is 23.9 Å². The van der Waals surface area contributed by atoms with Crippen LogP contribution in [0.25, 0.3) is 0 Å². The first kappa shape index (κ1) is 15.8. The van der Waals surface area contributed by atoms with Gasteiger partial charge in [0.05, 0.1) is 11.6 Å². The summed E-state index contributed by atoms with van der Waals surface area (Å²) in [5.41, 5.74) is -0.501. The number of likely N-dealkylation sites (tertiary alicyclic amines) is 1. The minimum atomic E-state index is -4.42. The van der Waals surface area contributed by atoms with Crippen LogP contribution in [-0.4, -0.2) is 30.6 Å². The first-order chi connectivity index (χ1) is 9.86. The summed E-state index contributed by atoms with van der Waals surface area (Å²) in [6, 6.07) is 4.93. The van der Waals surface area contributed by atoms with Crippen LogP contribution in [0.15, 0.2) is 24.3 Å². The zero-order chi connectivity index (χ0) is 15.6. The minimum Gasteiger partial charge on any atom is -0.372 e. The van der Waals surface area contributed by atoms with E-state index in [1.807, 2.05) is 0 Å². The number of methoxy groups -OCH3 is 1. The lowest BCUT2D eigenvalue weighted by Gasteiger charge is -2.29. The van der Waals surface area contributed by atoms with Crippen LogP contribution in [0.5, 0.6) is 0 Å². The summed E-state index contributed by atoms with van der Waals surface area (Å²) in [7, 11) is 1.41. The average molecular weight is 301 g/mol. The van der Waals surface area contributed by atoms with Gasteiger partial charge in [0.2, 0.25) is 0 Å². The van der Waals surface area contributed by atoms with Gasteiger partial charge in [0.1, 0.15) is 6.10 Å². The molecule has 0 saturated carbocycles. The van der Waals surface area contributed by atoms with Crippen LogP contribution in [-0.2, 0) is 15.7 Å². The second-order valence-electron chi connectivity index (χ2n) is 5.15. The SMILES string of the molecule is CO[C@@H](C)C(=O)N1CCC[C@H]1c1ccccc1C(F)(F)F. The fourth-order valence-electron chi connectivity index (χ4n) is 2.73. The number of alkyl halides is 3. The third kappa shape index (κ3) is 3.20. The van der Waals surface area contributed by atoms with Gasteiger partial charge in [-0.3, -0.25) is 4.79 Å². The van der Waals surface area contributed by atoms with Crippen molar-refractivity contribution in [1.29, 1.82) is 0 Å². The summed E-state index contributed by atoms with van der Waals surface area (Å²) < 4.78 is 44.4. The van der Waals surface area contributed by atoms with Crippen molar-refractivity contribution in [3.63, 3.8) is 0 Å². The zero-order valence-corrected chi connectivity index (χ0v) is 12.0. The van der Waals surface area contributed by atoms with Gasteiger partial charge in [-0.25, -0.2) is 0 Å². The van der Waals surface area contributed by atoms with Crippen molar-refractivity contribution in [1.82, 2.24) is 4.90 Å². The highest BCUT2D eigenvalue weighted by atomic mass is 19.4. The highest BCUT2D eigenvalue weighted by molar-refractivity contribution is 5.81. The molecule has 0 aliphatic carbocycles. The van der Waals surface area contributed by atoms with Gasteiger partial charge >= 0.3 is 6.18 Å². The Morgan fingerprint density at radius 1 is 1.38 bits per heavy atom. The molecule has 1 saturated heterocycles. The number of rotatable bonds is 3. The molecule has 0 spiro atoms. The maximum absolute atomic E-state index is 13.1. The topological polar surface area (TPSA) is 29.5 Å². The summed E-state index contributed by atoms with van der Waals surface area (Å²) in [6.07, 6.45) is -3.83. The van der Waals surface area contributed by atoms with E-state index in [0.29, 0.717) is 19.4 Å². The Morgan fingerprint density at radius 2 is 2.05 bits per heavy atom. The molecule has 0 bridgehead atoms. The Labute approximate surface area is 121 Å². The summed E-state index contributed by atoms with van der Waals surface area (Å²) in [6.45, 7) is 2.07. The molecule has 1 aliphatic heterocycles. The van der Waals surface area contributed by atoms with Crippen LogP contribution >= 0.6 is 0 Å². The quantitative estimate of drug-likeness (QED) is 0.856. The molecule has 0 aromatic heterocycles. The molecule has 0 radical (unpaired) electrons. The Balaban J connectivity index is 2.35. The van der Waals surface area contributed by atoms with E-state index in [0.717, 1.165) is 6.07 Å². The van der Waals surface area contributed by atoms with Crippen molar-refractivity contribution in [3.8, 4) is 0 Å². The van der Waals surface area contributed by atoms with Crippen LogP contribution in [0.2, 0.25) is 0 Å². The van der Waals surface area contributed by atoms with Gasteiger partial charge in [-0.1, -0.05) is 18.2 Å². The van der Waals surface area contributed by atoms with E-state index in [9.17, 15) is 18.0 Å². The van der Waals surface area contributed by atoms with Crippen LogP contribution in [0, 0.1) is 0 Å². The van der Waals surface area contributed by atoms with E-state index in [1.54, 1.807) is 13.0 Å². The molecule has 1 aromatic rings. The van der Waals surface area contributed by atoms with Crippen molar-refractivity contribution in [2.45, 2.75) is 38.1 Å². The number of carbonyl (C=O) groups is 1. The molecule has 21 heavy (non-hydrogen) atoms. The van der Waals surface area contributed by atoms with Gasteiger partial charge < -0.3 is 9.64 Å². The van der Waals surface area contributed by atoms with Gasteiger partial charge in [0.15, 0.2) is 0 Å². The fourth-order valence-corrected chi connectivity index (χ4v) is 2.73. The lowest BCUT2D eigenvalue weighted by molar-refractivity contribution is -0.144. The summed E-state index contributed by atoms with van der Waals surface area (Å²) in [5, 5.41) is 0. The maximum atomic E-state index is 13.1. The second kappa shape index (κ2) is 6.05. The minimum absolute atomic E-state index is 0.166. The number of halogens is 3. The number of carbonyl (C=O) groups excluding carboxylic acids is 1. The van der Waals surface area contributed by atoms with Gasteiger partial charge in [-0.2, -0.15) is 13.2 Å². The number of benzene rings is 1. The van der Waals surface area contributed by atoms with Gasteiger partial charge in [-0.15, -0.1) is 0 Å². The highest BCUT2D eigenvalue weighted by Crippen LogP contribution is 2.40. The van der Waals surface area contributed by atoms with Crippen molar-refractivity contribution < 1.29 is 22.7 Å². The molecule has 2 atom stereocenters. The largest absolute Gasteiger partial charge is 0.416 e. The molecule has 6 heteroatoms. The predicted molar refractivity (Wildman–Crippen MR) is 71.6 cm³/mol. The Kier molecular flexibility index (Phi) is 4.56. The van der Waals surface area contributed by atoms with Crippen LogP contribution in [0.3, 0.4) is 0 Å². The maximum Gasteiger partial charge on any atom is 0.416 e. The van der Waals surface area contributed by atoms with Gasteiger partial charge in [-0.05, 0) is 31.4 Å². The Morgan fingerprint density at radius 3 is 2.67 bits per heavy atom. The Bertz CT molecular complexity index is 516. The van der Waals surface area contributed by atoms with E-state index >= 15 is 0 Å². The van der Waals surface area contributed by atoms with Gasteiger partial charge in [0.25, 0.3) is 5.91 Å². The molecule has 1 aromatic carbocycles. The first-order valence-electron chi connectivity index (χ1n) is 6.85. The molecular weight excluding hydrogens is 283 g/mol. The molecule has 0 N–H and O–H groups in total. The fraction of sp³-hybridized carbons (Fsp3) is 0.533. The Hall–Kier alpha value is -1.56. The lowest BCUT2D eigenvalue weighted by Crippen LogP contribution is -2.38. The molecular formula is C15H18F3NO2. The predicted octanol–water partition coefficient (Wildman–Crippen LogP) is 3.40. The zero-order valence-electron chi connectivity index (χ0n) is 12.0. The van der Waals surface area contributed by atoms with Crippen LogP contribution < -0.4 is 0 Å². The molecule has 2 rings (SSSR count). The van der Waals surface area contributed by atoms with Crippen molar-refractivity contribution in [3.05, 3.63) is 35.4 Å². The van der Waals surface area contributed by atoms with Crippen LogP contribution in [0.4, 0.5) is 13.2 Å². The van der Waals surface area contributed by atoms with E-state index in [-0.39, 0.29) is 11.5 Å². The number of hydrogen-bond acceptors (Lipinski definition) is 2. The average Bonchev–Trinajstić information content (AvgIpc) is 2.94. The molecule has 0 unspecified atom stereocenters. The van der Waals surface area contributed by atoms with E-state index in [4.69, 9.17) is 4.74 Å². The molecule has 116 valence electrons. The summed E-state index contributed by atoms with van der Waals surface area (Å²) in [4.78, 5) is 13.7. The lowest BCUT2D eigenvalue weighted by atomic mass is 9.98. The summed E-state index contributed by atoms with van der Waals surface area (Å²) >= 11 is 0. The summed E-state index contributed by atoms with van der Waals surface area (Å²) in [5.74, 6) is -0.267. The number of nitrogens with zero attached hydrogens (tertiary/aromatic N) is 1. The van der Waals surface area contributed by atoms with E-state index in [2.05, 4.69) is 0 Å². The molecule has 1 fully saturated rings. The molecule has 3 nitrogen and oxygen atoms in total. The van der Waals surface area contributed by atoms with Crippen molar-refractivity contribution >= 4 is 5.91 Å². The van der Waals surface area contributed by atoms with Gasteiger partial charge in [0, 0.05) is 13.7 Å². The highest BCUT2D eigenvalue weighted by Gasteiger charge is 2.39. The smallest absolute Gasteiger partial charge is 0.372 e. The normalized spacial score (nSPS) is 20.6. The molecule has 1 amide bonds. The van der Waals surface area contributed by atoms with Crippen LogP contribution in [0.1, 0.15) is 36.9 Å². The third-order valence-corrected chi connectivity index (χ3v) is 3.86. The molecule has 1 heterocycles. The van der Waals surface area contributed by atoms with E-state index in [1.165, 1.54) is 24.1 Å². The first-order valence-corrected chi connectivity index (χ1v) is 6.85. The monoisotopic (exact) mass is 301 g/mol. The third-order valence-electron chi connectivity index (χ3n) is 3.86. The number of ether oxygens (including phenoxy) is 1. The van der Waals surface area contributed by atoms with Crippen molar-refractivity contribution in [2.75, 3.05) is 13.7 Å². The number of amides is 1. The standard InChI is InChI=1S/C15H18F3NO2/c1-10(21-2)14(20)19-9-5-8-13(19)11-6-3-4-7-12(11)15(16,17)18/h3-4,6-7,10,13H,5,8-9H2,1-2H3/t10-,13-/m0/s1.